The minimum atomic E-state index is -0.508. The number of amides is 2. The van der Waals surface area contributed by atoms with Gasteiger partial charge in [0.1, 0.15) is 6.04 Å². The molecule has 0 aliphatic carbocycles. The van der Waals surface area contributed by atoms with Gasteiger partial charge >= 0.3 is 0 Å². The van der Waals surface area contributed by atoms with Gasteiger partial charge in [0.15, 0.2) is 11.5 Å². The molecular formula is C16H17N3O3. The first kappa shape index (κ1) is 14.3. The number of rotatable bonds is 2. The molecule has 1 aliphatic heterocycles. The topological polar surface area (TPSA) is 75.4 Å². The number of benzene rings is 1. The third-order valence-electron chi connectivity index (χ3n) is 3.77. The fraction of sp³-hybridized carbons (Fsp3) is 0.312. The van der Waals surface area contributed by atoms with Gasteiger partial charge in [-0.15, -0.1) is 0 Å². The standard InChI is InChI=1S/C16H17N3O3/c1-11-15(20)17-8-5-9-19(11)16(21)13-10-14(22-18-13)12-6-3-2-4-7-12/h2-4,6-7,10-11H,5,8-9H2,1H3,(H,17,20). The van der Waals surface area contributed by atoms with Crippen molar-refractivity contribution in [1.29, 1.82) is 0 Å². The smallest absolute Gasteiger partial charge is 0.276 e. The molecule has 2 heterocycles. The van der Waals surface area contributed by atoms with Crippen LogP contribution in [0.25, 0.3) is 11.3 Å². The lowest BCUT2D eigenvalue weighted by atomic mass is 10.1. The monoisotopic (exact) mass is 299 g/mol. The third kappa shape index (κ3) is 2.72. The number of hydrogen-bond acceptors (Lipinski definition) is 4. The highest BCUT2D eigenvalue weighted by Crippen LogP contribution is 2.21. The zero-order chi connectivity index (χ0) is 15.5. The fourth-order valence-electron chi connectivity index (χ4n) is 2.48. The Morgan fingerprint density at radius 2 is 2.14 bits per heavy atom. The Labute approximate surface area is 128 Å². The predicted octanol–water partition coefficient (Wildman–Crippen LogP) is 1.69. The van der Waals surface area contributed by atoms with E-state index in [-0.39, 0.29) is 17.5 Å². The molecule has 2 aromatic rings. The minimum Gasteiger partial charge on any atom is -0.355 e. The van der Waals surface area contributed by atoms with Gasteiger partial charge in [0.05, 0.1) is 0 Å². The Hall–Kier alpha value is -2.63. The highest BCUT2D eigenvalue weighted by molar-refractivity contribution is 5.96. The van der Waals surface area contributed by atoms with Crippen LogP contribution in [-0.2, 0) is 4.79 Å². The van der Waals surface area contributed by atoms with Gasteiger partial charge in [-0.3, -0.25) is 9.59 Å². The molecule has 114 valence electrons. The van der Waals surface area contributed by atoms with Gasteiger partial charge in [0.25, 0.3) is 5.91 Å². The summed E-state index contributed by atoms with van der Waals surface area (Å²) in [6.07, 6.45) is 0.727. The summed E-state index contributed by atoms with van der Waals surface area (Å²) in [5.41, 5.74) is 1.08. The van der Waals surface area contributed by atoms with Crippen LogP contribution in [0, 0.1) is 0 Å². The second kappa shape index (κ2) is 6.01. The molecule has 1 aliphatic rings. The zero-order valence-corrected chi connectivity index (χ0v) is 12.3. The van der Waals surface area contributed by atoms with Crippen LogP contribution in [-0.4, -0.2) is 41.0 Å². The molecule has 1 unspecified atom stereocenters. The van der Waals surface area contributed by atoms with Gasteiger partial charge in [-0.05, 0) is 13.3 Å². The molecule has 2 amide bonds. The van der Waals surface area contributed by atoms with E-state index in [9.17, 15) is 9.59 Å². The first-order valence-corrected chi connectivity index (χ1v) is 7.27. The zero-order valence-electron chi connectivity index (χ0n) is 12.3. The molecule has 1 N–H and O–H groups in total. The number of carbonyl (C=O) groups excluding carboxylic acids is 2. The van der Waals surface area contributed by atoms with Crippen molar-refractivity contribution >= 4 is 11.8 Å². The molecule has 1 fully saturated rings. The summed E-state index contributed by atoms with van der Waals surface area (Å²) in [5, 5.41) is 6.64. The maximum Gasteiger partial charge on any atom is 0.276 e. The van der Waals surface area contributed by atoms with Crippen molar-refractivity contribution in [3.8, 4) is 11.3 Å². The van der Waals surface area contributed by atoms with Crippen molar-refractivity contribution in [2.24, 2.45) is 0 Å². The molecule has 1 saturated heterocycles. The van der Waals surface area contributed by atoms with E-state index >= 15 is 0 Å². The second-order valence-electron chi connectivity index (χ2n) is 5.26. The molecule has 6 nitrogen and oxygen atoms in total. The summed E-state index contributed by atoms with van der Waals surface area (Å²) in [6.45, 7) is 2.82. The highest BCUT2D eigenvalue weighted by atomic mass is 16.5. The quantitative estimate of drug-likeness (QED) is 0.915. The number of carbonyl (C=O) groups is 2. The van der Waals surface area contributed by atoms with Gasteiger partial charge in [-0.2, -0.15) is 0 Å². The highest BCUT2D eigenvalue weighted by Gasteiger charge is 2.30. The van der Waals surface area contributed by atoms with Gasteiger partial charge in [0, 0.05) is 24.7 Å². The lowest BCUT2D eigenvalue weighted by molar-refractivity contribution is -0.124. The summed E-state index contributed by atoms with van der Waals surface area (Å²) < 4.78 is 5.26. The Kier molecular flexibility index (Phi) is 3.91. The van der Waals surface area contributed by atoms with Crippen LogP contribution < -0.4 is 5.32 Å². The van der Waals surface area contributed by atoms with E-state index in [4.69, 9.17) is 4.52 Å². The average Bonchev–Trinajstić information content (AvgIpc) is 2.98. The third-order valence-corrected chi connectivity index (χ3v) is 3.77. The van der Waals surface area contributed by atoms with Crippen LogP contribution in [0.5, 0.6) is 0 Å². The molecule has 0 spiro atoms. The van der Waals surface area contributed by atoms with Crippen LogP contribution >= 0.6 is 0 Å². The van der Waals surface area contributed by atoms with E-state index in [1.54, 1.807) is 13.0 Å². The molecule has 0 radical (unpaired) electrons. The Bertz CT molecular complexity index is 681. The molecular weight excluding hydrogens is 282 g/mol. The molecule has 6 heteroatoms. The van der Waals surface area contributed by atoms with Crippen LogP contribution in [0.15, 0.2) is 40.9 Å². The van der Waals surface area contributed by atoms with Crippen molar-refractivity contribution in [2.45, 2.75) is 19.4 Å². The van der Waals surface area contributed by atoms with Crippen molar-refractivity contribution in [3.05, 3.63) is 42.1 Å². The Balaban J connectivity index is 1.83. The van der Waals surface area contributed by atoms with Gasteiger partial charge in [0.2, 0.25) is 5.91 Å². The van der Waals surface area contributed by atoms with Gasteiger partial charge < -0.3 is 14.7 Å². The van der Waals surface area contributed by atoms with Crippen LogP contribution in [0.2, 0.25) is 0 Å². The summed E-state index contributed by atoms with van der Waals surface area (Å²) in [6, 6.07) is 10.6. The summed E-state index contributed by atoms with van der Waals surface area (Å²) in [7, 11) is 0. The molecule has 0 saturated carbocycles. The maximum atomic E-state index is 12.6. The molecule has 0 bridgehead atoms. The van der Waals surface area contributed by atoms with E-state index < -0.39 is 6.04 Å². The Morgan fingerprint density at radius 3 is 2.91 bits per heavy atom. The lowest BCUT2D eigenvalue weighted by Crippen LogP contribution is -2.45. The summed E-state index contributed by atoms with van der Waals surface area (Å²) in [4.78, 5) is 26.0. The lowest BCUT2D eigenvalue weighted by Gasteiger charge is -2.24. The van der Waals surface area contributed by atoms with Crippen LogP contribution in [0.4, 0.5) is 0 Å². The van der Waals surface area contributed by atoms with Crippen molar-refractivity contribution < 1.29 is 14.1 Å². The van der Waals surface area contributed by atoms with Crippen molar-refractivity contribution in [2.75, 3.05) is 13.1 Å². The Morgan fingerprint density at radius 1 is 1.36 bits per heavy atom. The number of nitrogens with zero attached hydrogens (tertiary/aromatic N) is 2. The van der Waals surface area contributed by atoms with E-state index in [1.807, 2.05) is 30.3 Å². The fourth-order valence-corrected chi connectivity index (χ4v) is 2.48. The average molecular weight is 299 g/mol. The molecule has 3 rings (SSSR count). The van der Waals surface area contributed by atoms with Gasteiger partial charge in [-0.1, -0.05) is 35.5 Å². The van der Waals surface area contributed by atoms with E-state index in [1.165, 1.54) is 4.90 Å². The van der Waals surface area contributed by atoms with Crippen molar-refractivity contribution in [3.63, 3.8) is 0 Å². The first-order valence-electron chi connectivity index (χ1n) is 7.27. The van der Waals surface area contributed by atoms with E-state index in [0.29, 0.717) is 18.8 Å². The van der Waals surface area contributed by atoms with Crippen LogP contribution in [0.3, 0.4) is 0 Å². The number of aromatic nitrogens is 1. The van der Waals surface area contributed by atoms with Crippen molar-refractivity contribution in [1.82, 2.24) is 15.4 Å². The predicted molar refractivity (Wildman–Crippen MR) is 80.1 cm³/mol. The SMILES string of the molecule is CC1C(=O)NCCCN1C(=O)c1cc(-c2ccccc2)on1. The number of nitrogens with one attached hydrogen (secondary N) is 1. The van der Waals surface area contributed by atoms with Crippen LogP contribution in [0.1, 0.15) is 23.8 Å². The van der Waals surface area contributed by atoms with E-state index in [0.717, 1.165) is 12.0 Å². The second-order valence-corrected chi connectivity index (χ2v) is 5.26. The normalized spacial score (nSPS) is 18.7. The largest absolute Gasteiger partial charge is 0.355 e. The first-order chi connectivity index (χ1) is 10.7. The molecule has 1 aromatic heterocycles. The van der Waals surface area contributed by atoms with E-state index in [2.05, 4.69) is 10.5 Å². The minimum absolute atomic E-state index is 0.141. The summed E-state index contributed by atoms with van der Waals surface area (Å²) in [5.74, 6) is 0.115. The molecule has 1 atom stereocenters. The maximum absolute atomic E-state index is 12.6. The summed E-state index contributed by atoms with van der Waals surface area (Å²) >= 11 is 0. The molecule has 22 heavy (non-hydrogen) atoms. The number of hydrogen-bond donors (Lipinski definition) is 1. The molecule has 1 aromatic carbocycles. The van der Waals surface area contributed by atoms with Gasteiger partial charge in [-0.25, -0.2) is 0 Å².